The lowest BCUT2D eigenvalue weighted by atomic mass is 9.68. The van der Waals surface area contributed by atoms with Gasteiger partial charge in [-0.1, -0.05) is 38.5 Å². The average molecular weight is 409 g/mol. The molecule has 5 atom stereocenters. The Morgan fingerprint density at radius 1 is 1.10 bits per heavy atom. The van der Waals surface area contributed by atoms with Crippen molar-refractivity contribution < 1.29 is 18.7 Å². The molecule has 2 aromatic carbocycles. The summed E-state index contributed by atoms with van der Waals surface area (Å²) < 4.78 is 26.8. The summed E-state index contributed by atoms with van der Waals surface area (Å²) in [4.78, 5) is 12.6. The first-order valence-electron chi connectivity index (χ1n) is 11.2. The van der Waals surface area contributed by atoms with Gasteiger partial charge >= 0.3 is 5.97 Å². The van der Waals surface area contributed by atoms with E-state index in [9.17, 15) is 9.18 Å². The van der Waals surface area contributed by atoms with Crippen molar-refractivity contribution in [3.05, 3.63) is 59.9 Å². The lowest BCUT2D eigenvalue weighted by molar-refractivity contribution is -0.0605. The number of esters is 1. The molecular formula is C26H29FO3. The third kappa shape index (κ3) is 3.12. The van der Waals surface area contributed by atoms with Crippen LogP contribution in [0.15, 0.2) is 48.5 Å². The largest absolute Gasteiger partial charge is 0.484 e. The molecule has 0 heterocycles. The van der Waals surface area contributed by atoms with Gasteiger partial charge in [0.05, 0.1) is 5.56 Å². The molecule has 0 radical (unpaired) electrons. The molecule has 158 valence electrons. The molecular weight excluding hydrogens is 379 g/mol. The number of benzene rings is 2. The first kappa shape index (κ1) is 19.6. The summed E-state index contributed by atoms with van der Waals surface area (Å²) in [5.74, 6) is 2.72. The zero-order chi connectivity index (χ0) is 20.9. The van der Waals surface area contributed by atoms with Crippen LogP contribution in [-0.2, 0) is 0 Å². The normalized spacial score (nSPS) is 31.7. The number of halogens is 1. The van der Waals surface area contributed by atoms with Crippen molar-refractivity contribution in [3.8, 4) is 11.5 Å². The minimum atomic E-state index is -0.506. The highest BCUT2D eigenvalue weighted by atomic mass is 19.1. The molecule has 3 fully saturated rings. The van der Waals surface area contributed by atoms with Crippen molar-refractivity contribution in [1.29, 1.82) is 0 Å². The maximum absolute atomic E-state index is 14.8. The number of ether oxygens (including phenoxy) is 2. The van der Waals surface area contributed by atoms with E-state index < -0.39 is 11.8 Å². The van der Waals surface area contributed by atoms with Gasteiger partial charge in [0, 0.05) is 5.92 Å². The molecule has 30 heavy (non-hydrogen) atoms. The van der Waals surface area contributed by atoms with Crippen LogP contribution in [0.2, 0.25) is 0 Å². The van der Waals surface area contributed by atoms with E-state index in [1.807, 2.05) is 6.07 Å². The van der Waals surface area contributed by atoms with E-state index in [-0.39, 0.29) is 17.3 Å². The minimum Gasteiger partial charge on any atom is -0.484 e. The lowest BCUT2D eigenvalue weighted by Gasteiger charge is -2.46. The molecule has 0 amide bonds. The molecule has 3 nitrogen and oxygen atoms in total. The van der Waals surface area contributed by atoms with Gasteiger partial charge in [0.2, 0.25) is 0 Å². The van der Waals surface area contributed by atoms with Crippen LogP contribution in [0.5, 0.6) is 11.5 Å². The lowest BCUT2D eigenvalue weighted by Crippen LogP contribution is -2.50. The Kier molecular flexibility index (Phi) is 4.83. The van der Waals surface area contributed by atoms with Crippen LogP contribution in [0.1, 0.15) is 56.3 Å². The molecule has 0 aromatic heterocycles. The highest BCUT2D eigenvalue weighted by Crippen LogP contribution is 2.65. The summed E-state index contributed by atoms with van der Waals surface area (Å²) in [7, 11) is 0. The first-order valence-corrected chi connectivity index (χ1v) is 11.2. The molecule has 5 unspecified atom stereocenters. The molecule has 0 saturated heterocycles. The highest BCUT2D eigenvalue weighted by molar-refractivity contribution is 5.91. The quantitative estimate of drug-likeness (QED) is 0.432. The van der Waals surface area contributed by atoms with Crippen LogP contribution in [0.25, 0.3) is 0 Å². The highest BCUT2D eigenvalue weighted by Gasteiger charge is 2.63. The zero-order valence-corrected chi connectivity index (χ0v) is 17.6. The molecule has 4 heteroatoms. The standard InChI is InChI=1S/C26H29FO3/c1-16(2)26(15-18-13-22(26)21-10-6-9-20(18)21)30-24-14-17(11-12-23(24)27)25(28)29-19-7-4-3-5-8-19/h3-5,7-8,11-12,14,16,18,20-22H,6,9-10,13,15H2,1-2H3. The SMILES string of the molecule is CC(C)C1(Oc2cc(C(=O)Oc3ccccc3)ccc2F)CC2CC1C1CCCC21. The second kappa shape index (κ2) is 7.40. The Morgan fingerprint density at radius 2 is 1.87 bits per heavy atom. The van der Waals surface area contributed by atoms with Crippen molar-refractivity contribution in [1.82, 2.24) is 0 Å². The zero-order valence-electron chi connectivity index (χ0n) is 17.6. The fraction of sp³-hybridized carbons (Fsp3) is 0.500. The van der Waals surface area contributed by atoms with E-state index in [1.165, 1.54) is 43.9 Å². The molecule has 5 rings (SSSR count). The Hall–Kier alpha value is -2.36. The van der Waals surface area contributed by atoms with Crippen LogP contribution < -0.4 is 9.47 Å². The molecule has 0 aliphatic heterocycles. The van der Waals surface area contributed by atoms with Gasteiger partial charge in [-0.25, -0.2) is 9.18 Å². The van der Waals surface area contributed by atoms with Gasteiger partial charge in [-0.05, 0) is 79.7 Å². The van der Waals surface area contributed by atoms with E-state index in [2.05, 4.69) is 13.8 Å². The van der Waals surface area contributed by atoms with Crippen molar-refractivity contribution in [2.75, 3.05) is 0 Å². The third-order valence-electron chi connectivity index (χ3n) is 7.91. The Morgan fingerprint density at radius 3 is 2.63 bits per heavy atom. The fourth-order valence-electron chi connectivity index (χ4n) is 6.60. The van der Waals surface area contributed by atoms with E-state index in [4.69, 9.17) is 9.47 Å². The second-order valence-corrected chi connectivity index (χ2v) is 9.62. The Balaban J connectivity index is 1.41. The van der Waals surface area contributed by atoms with Gasteiger partial charge < -0.3 is 9.47 Å². The Labute approximate surface area is 177 Å². The number of rotatable bonds is 5. The summed E-state index contributed by atoms with van der Waals surface area (Å²) in [5, 5.41) is 0. The van der Waals surface area contributed by atoms with Crippen molar-refractivity contribution in [3.63, 3.8) is 0 Å². The topological polar surface area (TPSA) is 35.5 Å². The van der Waals surface area contributed by atoms with Crippen LogP contribution in [0.4, 0.5) is 4.39 Å². The summed E-state index contributed by atoms with van der Waals surface area (Å²) >= 11 is 0. The fourth-order valence-corrected chi connectivity index (χ4v) is 6.60. The smallest absolute Gasteiger partial charge is 0.343 e. The third-order valence-corrected chi connectivity index (χ3v) is 7.91. The maximum atomic E-state index is 14.8. The Bertz CT molecular complexity index is 941. The van der Waals surface area contributed by atoms with Crippen molar-refractivity contribution in [2.24, 2.45) is 29.6 Å². The van der Waals surface area contributed by atoms with Gasteiger partial charge in [-0.2, -0.15) is 0 Å². The predicted molar refractivity (Wildman–Crippen MR) is 113 cm³/mol. The van der Waals surface area contributed by atoms with Gasteiger partial charge in [-0.15, -0.1) is 0 Å². The van der Waals surface area contributed by atoms with Crippen LogP contribution >= 0.6 is 0 Å². The van der Waals surface area contributed by atoms with E-state index in [0.717, 1.165) is 12.3 Å². The van der Waals surface area contributed by atoms with Gasteiger partial charge in [-0.3, -0.25) is 0 Å². The number of fused-ring (bicyclic) bond motifs is 5. The maximum Gasteiger partial charge on any atom is 0.343 e. The second-order valence-electron chi connectivity index (χ2n) is 9.62. The molecule has 3 aliphatic carbocycles. The number of hydrogen-bond donors (Lipinski definition) is 0. The number of hydrogen-bond acceptors (Lipinski definition) is 3. The molecule has 3 saturated carbocycles. The van der Waals surface area contributed by atoms with Crippen molar-refractivity contribution >= 4 is 5.97 Å². The summed E-state index contributed by atoms with van der Waals surface area (Å²) in [5.41, 5.74) is -0.0463. The summed E-state index contributed by atoms with van der Waals surface area (Å²) in [6.07, 6.45) is 6.12. The molecule has 2 bridgehead atoms. The predicted octanol–water partition coefficient (Wildman–Crippen LogP) is 6.27. The average Bonchev–Trinajstić information content (AvgIpc) is 3.43. The minimum absolute atomic E-state index is 0.174. The van der Waals surface area contributed by atoms with Gasteiger partial charge in [0.15, 0.2) is 11.6 Å². The molecule has 3 aliphatic rings. The number of para-hydroxylation sites is 1. The van der Waals surface area contributed by atoms with E-state index in [1.54, 1.807) is 24.3 Å². The number of carbonyl (C=O) groups is 1. The molecule has 2 aromatic rings. The molecule has 0 N–H and O–H groups in total. The summed E-state index contributed by atoms with van der Waals surface area (Å²) in [6, 6.07) is 13.2. The van der Waals surface area contributed by atoms with Crippen molar-refractivity contribution in [2.45, 2.75) is 51.6 Å². The monoisotopic (exact) mass is 408 g/mol. The van der Waals surface area contributed by atoms with E-state index >= 15 is 0 Å². The van der Waals surface area contributed by atoms with E-state index in [0.29, 0.717) is 29.1 Å². The first-order chi connectivity index (χ1) is 14.5. The van der Waals surface area contributed by atoms with Gasteiger partial charge in [0.25, 0.3) is 0 Å². The van der Waals surface area contributed by atoms with Crippen LogP contribution in [-0.4, -0.2) is 11.6 Å². The van der Waals surface area contributed by atoms with Gasteiger partial charge in [0.1, 0.15) is 11.4 Å². The number of carbonyl (C=O) groups excluding carboxylic acids is 1. The summed E-state index contributed by atoms with van der Waals surface area (Å²) in [6.45, 7) is 4.38. The van der Waals surface area contributed by atoms with Crippen LogP contribution in [0.3, 0.4) is 0 Å². The molecule has 0 spiro atoms. The van der Waals surface area contributed by atoms with Crippen LogP contribution in [0, 0.1) is 35.4 Å².